The van der Waals surface area contributed by atoms with Crippen molar-refractivity contribution in [2.45, 2.75) is 32.2 Å². The predicted molar refractivity (Wildman–Crippen MR) is 81.7 cm³/mol. The smallest absolute Gasteiger partial charge is 0.129 e. The van der Waals surface area contributed by atoms with Gasteiger partial charge in [0.2, 0.25) is 0 Å². The van der Waals surface area contributed by atoms with E-state index in [1.807, 2.05) is 6.07 Å². The monoisotopic (exact) mass is 280 g/mol. The first kappa shape index (κ1) is 13.6. The first-order chi connectivity index (χ1) is 10.2. The Balaban J connectivity index is 1.83. The summed E-state index contributed by atoms with van der Waals surface area (Å²) in [6, 6.07) is 13.8. The highest BCUT2D eigenvalue weighted by Crippen LogP contribution is 2.26. The van der Waals surface area contributed by atoms with E-state index in [0.29, 0.717) is 11.1 Å². The zero-order valence-electron chi connectivity index (χ0n) is 12.0. The Hall–Kier alpha value is -2.34. The minimum Gasteiger partial charge on any atom is -0.382 e. The molecule has 1 aliphatic carbocycles. The molecule has 0 bridgehead atoms. The van der Waals surface area contributed by atoms with Crippen LogP contribution < -0.4 is 5.32 Å². The van der Waals surface area contributed by atoms with Gasteiger partial charge in [0, 0.05) is 17.3 Å². The number of anilines is 1. The summed E-state index contributed by atoms with van der Waals surface area (Å²) in [5.74, 6) is -0.326. The molecular weight excluding hydrogens is 263 g/mol. The van der Waals surface area contributed by atoms with Crippen molar-refractivity contribution in [1.29, 1.82) is 5.26 Å². The molecular formula is C18H17FN2. The van der Waals surface area contributed by atoms with Crippen molar-refractivity contribution in [3.8, 4) is 6.07 Å². The highest BCUT2D eigenvalue weighted by Gasteiger charge is 2.19. The number of nitrogens with zero attached hydrogens (tertiary/aromatic N) is 1. The molecule has 3 rings (SSSR count). The summed E-state index contributed by atoms with van der Waals surface area (Å²) in [7, 11) is 0. The van der Waals surface area contributed by atoms with Crippen molar-refractivity contribution < 1.29 is 4.39 Å². The van der Waals surface area contributed by atoms with Crippen molar-refractivity contribution in [2.75, 3.05) is 5.32 Å². The second-order valence-corrected chi connectivity index (χ2v) is 5.60. The van der Waals surface area contributed by atoms with Crippen LogP contribution in [0.2, 0.25) is 0 Å². The molecule has 2 aromatic rings. The van der Waals surface area contributed by atoms with Gasteiger partial charge >= 0.3 is 0 Å². The molecule has 0 fully saturated rings. The van der Waals surface area contributed by atoms with Crippen LogP contribution in [0.4, 0.5) is 10.1 Å². The zero-order valence-corrected chi connectivity index (χ0v) is 12.0. The van der Waals surface area contributed by atoms with Crippen LogP contribution in [0, 0.1) is 24.1 Å². The largest absolute Gasteiger partial charge is 0.382 e. The molecule has 0 radical (unpaired) electrons. The summed E-state index contributed by atoms with van der Waals surface area (Å²) in [6.07, 6.45) is 3.00. The summed E-state index contributed by atoms with van der Waals surface area (Å²) >= 11 is 0. The first-order valence-corrected chi connectivity index (χ1v) is 7.21. The maximum absolute atomic E-state index is 13.8. The first-order valence-electron chi connectivity index (χ1n) is 7.21. The van der Waals surface area contributed by atoms with Crippen molar-refractivity contribution in [3.05, 3.63) is 64.5 Å². The molecule has 2 aromatic carbocycles. The van der Waals surface area contributed by atoms with Gasteiger partial charge in [-0.1, -0.05) is 24.3 Å². The molecule has 0 saturated carbocycles. The molecule has 1 aliphatic rings. The predicted octanol–water partition coefficient (Wildman–Crippen LogP) is 3.98. The molecule has 106 valence electrons. The van der Waals surface area contributed by atoms with E-state index < -0.39 is 0 Å². The van der Waals surface area contributed by atoms with Crippen molar-refractivity contribution in [2.24, 2.45) is 0 Å². The minimum absolute atomic E-state index is 0.284. The van der Waals surface area contributed by atoms with Crippen LogP contribution >= 0.6 is 0 Å². The van der Waals surface area contributed by atoms with Gasteiger partial charge in [0.25, 0.3) is 0 Å². The van der Waals surface area contributed by atoms with Crippen LogP contribution in [0.15, 0.2) is 36.4 Å². The summed E-state index contributed by atoms with van der Waals surface area (Å²) in [4.78, 5) is 0. The second-order valence-electron chi connectivity index (χ2n) is 5.60. The third-order valence-corrected chi connectivity index (χ3v) is 4.18. The maximum Gasteiger partial charge on any atom is 0.129 e. The SMILES string of the molecule is Cc1c(F)cc(C#N)cc1NC1CCc2ccccc2C1. The Morgan fingerprint density at radius 3 is 2.76 bits per heavy atom. The number of nitriles is 1. The minimum atomic E-state index is -0.326. The lowest BCUT2D eigenvalue weighted by atomic mass is 9.88. The molecule has 0 spiro atoms. The van der Waals surface area contributed by atoms with E-state index in [4.69, 9.17) is 5.26 Å². The number of aryl methyl sites for hydroxylation is 1. The van der Waals surface area contributed by atoms with E-state index in [1.54, 1.807) is 13.0 Å². The molecule has 21 heavy (non-hydrogen) atoms. The van der Waals surface area contributed by atoms with Crippen LogP contribution in [0.1, 0.15) is 28.7 Å². The van der Waals surface area contributed by atoms with E-state index >= 15 is 0 Å². The van der Waals surface area contributed by atoms with E-state index in [0.717, 1.165) is 24.9 Å². The maximum atomic E-state index is 13.8. The number of hydrogen-bond donors (Lipinski definition) is 1. The molecule has 2 nitrogen and oxygen atoms in total. The van der Waals surface area contributed by atoms with E-state index in [1.165, 1.54) is 17.2 Å². The normalized spacial score (nSPS) is 16.9. The fourth-order valence-electron chi connectivity index (χ4n) is 2.93. The Kier molecular flexibility index (Phi) is 3.62. The third-order valence-electron chi connectivity index (χ3n) is 4.18. The van der Waals surface area contributed by atoms with Crippen molar-refractivity contribution in [3.63, 3.8) is 0 Å². The fraction of sp³-hybridized carbons (Fsp3) is 0.278. The molecule has 3 heteroatoms. The average Bonchev–Trinajstić information content (AvgIpc) is 2.51. The Morgan fingerprint density at radius 1 is 1.24 bits per heavy atom. The Labute approximate surface area is 124 Å². The van der Waals surface area contributed by atoms with Gasteiger partial charge < -0.3 is 5.32 Å². The van der Waals surface area contributed by atoms with Gasteiger partial charge in [-0.05, 0) is 49.4 Å². The van der Waals surface area contributed by atoms with Gasteiger partial charge in [0.1, 0.15) is 5.82 Å². The molecule has 0 aromatic heterocycles. The topological polar surface area (TPSA) is 35.8 Å². The van der Waals surface area contributed by atoms with E-state index in [2.05, 4.69) is 29.6 Å². The van der Waals surface area contributed by atoms with Crippen molar-refractivity contribution >= 4 is 5.69 Å². The Bertz CT molecular complexity index is 716. The third kappa shape index (κ3) is 2.75. The molecule has 1 atom stereocenters. The van der Waals surface area contributed by atoms with Gasteiger partial charge in [0.15, 0.2) is 0 Å². The number of halogens is 1. The second kappa shape index (κ2) is 5.57. The van der Waals surface area contributed by atoms with Crippen LogP contribution in [0.3, 0.4) is 0 Å². The van der Waals surface area contributed by atoms with Gasteiger partial charge in [-0.2, -0.15) is 5.26 Å². The van der Waals surface area contributed by atoms with E-state index in [-0.39, 0.29) is 11.9 Å². The molecule has 1 N–H and O–H groups in total. The molecule has 1 unspecified atom stereocenters. The number of rotatable bonds is 2. The lowest BCUT2D eigenvalue weighted by Crippen LogP contribution is -2.27. The number of hydrogen-bond acceptors (Lipinski definition) is 2. The molecule has 0 saturated heterocycles. The van der Waals surface area contributed by atoms with E-state index in [9.17, 15) is 4.39 Å². The number of fused-ring (bicyclic) bond motifs is 1. The fourth-order valence-corrected chi connectivity index (χ4v) is 2.93. The van der Waals surface area contributed by atoms with Crippen LogP contribution in [0.25, 0.3) is 0 Å². The van der Waals surface area contributed by atoms with Crippen molar-refractivity contribution in [1.82, 2.24) is 0 Å². The Morgan fingerprint density at radius 2 is 2.00 bits per heavy atom. The van der Waals surface area contributed by atoms with Gasteiger partial charge in [0.05, 0.1) is 11.6 Å². The van der Waals surface area contributed by atoms with Gasteiger partial charge in [-0.25, -0.2) is 4.39 Å². The number of benzene rings is 2. The zero-order chi connectivity index (χ0) is 14.8. The molecule has 0 aliphatic heterocycles. The summed E-state index contributed by atoms with van der Waals surface area (Å²) in [6.45, 7) is 1.75. The van der Waals surface area contributed by atoms with Crippen LogP contribution in [-0.2, 0) is 12.8 Å². The van der Waals surface area contributed by atoms with Gasteiger partial charge in [-0.3, -0.25) is 0 Å². The molecule has 0 heterocycles. The standard InChI is InChI=1S/C18H17FN2/c1-12-17(19)8-13(11-20)9-18(12)21-16-7-6-14-4-2-3-5-15(14)10-16/h2-5,8-9,16,21H,6-7,10H2,1H3. The van der Waals surface area contributed by atoms with Crippen LogP contribution in [0.5, 0.6) is 0 Å². The highest BCUT2D eigenvalue weighted by atomic mass is 19.1. The van der Waals surface area contributed by atoms with Crippen LogP contribution in [-0.4, -0.2) is 6.04 Å². The lowest BCUT2D eigenvalue weighted by Gasteiger charge is -2.27. The summed E-state index contributed by atoms with van der Waals surface area (Å²) in [5, 5.41) is 12.4. The van der Waals surface area contributed by atoms with Gasteiger partial charge in [-0.15, -0.1) is 0 Å². The lowest BCUT2D eigenvalue weighted by molar-refractivity contribution is 0.602. The summed E-state index contributed by atoms with van der Waals surface area (Å²) in [5.41, 5.74) is 4.43. The molecule has 0 amide bonds. The highest BCUT2D eigenvalue weighted by molar-refractivity contribution is 5.56. The quantitative estimate of drug-likeness (QED) is 0.903. The average molecular weight is 280 g/mol. The summed E-state index contributed by atoms with van der Waals surface area (Å²) < 4.78 is 13.8. The number of nitrogens with one attached hydrogen (secondary N) is 1.